The average Bonchev–Trinajstić information content (AvgIpc) is 3.46. The molecule has 6 nitrogen and oxygen atoms in total. The van der Waals surface area contributed by atoms with Crippen LogP contribution >= 0.6 is 46.1 Å². The van der Waals surface area contributed by atoms with Crippen molar-refractivity contribution < 1.29 is 9.13 Å². The van der Waals surface area contributed by atoms with Crippen LogP contribution < -0.4 is 4.74 Å². The number of nitrogens with zero attached hydrogens (tertiary/aromatic N) is 5. The summed E-state index contributed by atoms with van der Waals surface area (Å²) in [5.41, 5.74) is 2.44. The SMILES string of the molecule is Fc1cc(-c2cc(-c3nn4c(COc5ccccc5Cl)nnc4s3)c3ccccc3n2)c(Cl)cc1Cl. The molecule has 0 aliphatic heterocycles. The third-order valence-corrected chi connectivity index (χ3v) is 7.33. The molecule has 0 saturated carbocycles. The van der Waals surface area contributed by atoms with Gasteiger partial charge in [-0.05, 0) is 36.4 Å². The number of pyridine rings is 1. The van der Waals surface area contributed by atoms with Crippen molar-refractivity contribution in [3.8, 4) is 27.6 Å². The molecule has 0 atom stereocenters. The topological polar surface area (TPSA) is 65.2 Å². The number of fused-ring (bicyclic) bond motifs is 2. The standard InChI is InChI=1S/C25H13Cl3FN5OS/c26-16-6-2-4-8-22(16)35-12-23-31-32-25-34(23)33-24(36-25)14-10-21(30-20-7-3-1-5-13(14)20)15-9-19(29)18(28)11-17(15)27/h1-11H,12H2. The molecule has 6 rings (SSSR count). The average molecular weight is 557 g/mol. The van der Waals surface area contributed by atoms with Gasteiger partial charge in [0.05, 0.1) is 26.3 Å². The predicted octanol–water partition coefficient (Wildman–Crippen LogP) is 7.75. The van der Waals surface area contributed by atoms with E-state index in [-0.39, 0.29) is 11.6 Å². The highest BCUT2D eigenvalue weighted by Gasteiger charge is 2.19. The van der Waals surface area contributed by atoms with Gasteiger partial charge in [-0.3, -0.25) is 0 Å². The van der Waals surface area contributed by atoms with Gasteiger partial charge >= 0.3 is 0 Å². The van der Waals surface area contributed by atoms with Gasteiger partial charge in [-0.1, -0.05) is 76.5 Å². The highest BCUT2D eigenvalue weighted by molar-refractivity contribution is 7.19. The van der Waals surface area contributed by atoms with Gasteiger partial charge in [-0.25, -0.2) is 9.37 Å². The normalized spacial score (nSPS) is 11.4. The van der Waals surface area contributed by atoms with E-state index >= 15 is 0 Å². The van der Waals surface area contributed by atoms with Crippen molar-refractivity contribution in [2.75, 3.05) is 0 Å². The number of hydrogen-bond donors (Lipinski definition) is 0. The van der Waals surface area contributed by atoms with Gasteiger partial charge in [0.1, 0.15) is 23.2 Å². The highest BCUT2D eigenvalue weighted by atomic mass is 35.5. The van der Waals surface area contributed by atoms with E-state index < -0.39 is 5.82 Å². The van der Waals surface area contributed by atoms with E-state index in [4.69, 9.17) is 49.6 Å². The number of ether oxygens (including phenoxy) is 1. The van der Waals surface area contributed by atoms with Gasteiger partial charge < -0.3 is 4.74 Å². The van der Waals surface area contributed by atoms with Crippen LogP contribution in [0.3, 0.4) is 0 Å². The van der Waals surface area contributed by atoms with Crippen LogP contribution in [0.2, 0.25) is 15.1 Å². The van der Waals surface area contributed by atoms with Gasteiger partial charge in [0, 0.05) is 16.5 Å². The molecule has 0 N–H and O–H groups in total. The van der Waals surface area contributed by atoms with Crippen LogP contribution in [0.5, 0.6) is 5.75 Å². The minimum absolute atomic E-state index is 0.0510. The van der Waals surface area contributed by atoms with Crippen LogP contribution in [-0.4, -0.2) is 24.8 Å². The first-order chi connectivity index (χ1) is 17.5. The summed E-state index contributed by atoms with van der Waals surface area (Å²) in [7, 11) is 0. The summed E-state index contributed by atoms with van der Waals surface area (Å²) in [6.07, 6.45) is 0. The molecule has 3 aromatic heterocycles. The second-order valence-electron chi connectivity index (χ2n) is 7.76. The number of halogens is 4. The van der Waals surface area contributed by atoms with E-state index in [9.17, 15) is 4.39 Å². The van der Waals surface area contributed by atoms with Crippen molar-refractivity contribution in [3.05, 3.63) is 93.4 Å². The summed E-state index contributed by atoms with van der Waals surface area (Å²) >= 11 is 19.8. The maximum absolute atomic E-state index is 14.3. The van der Waals surface area contributed by atoms with Gasteiger partial charge in [0.15, 0.2) is 5.82 Å². The Labute approximate surface area is 222 Å². The molecule has 0 unspecified atom stereocenters. The Hall–Kier alpha value is -3.30. The first-order valence-corrected chi connectivity index (χ1v) is 12.6. The minimum Gasteiger partial charge on any atom is -0.484 e. The van der Waals surface area contributed by atoms with Crippen LogP contribution in [0.4, 0.5) is 4.39 Å². The summed E-state index contributed by atoms with van der Waals surface area (Å²) < 4.78 is 21.7. The first kappa shape index (κ1) is 23.1. The largest absolute Gasteiger partial charge is 0.484 e. The van der Waals surface area contributed by atoms with E-state index in [0.717, 1.165) is 10.9 Å². The van der Waals surface area contributed by atoms with Crippen LogP contribution in [0, 0.1) is 5.82 Å². The lowest BCUT2D eigenvalue weighted by atomic mass is 10.0. The molecule has 36 heavy (non-hydrogen) atoms. The van der Waals surface area contributed by atoms with Crippen LogP contribution in [0.15, 0.2) is 66.7 Å². The molecular weight excluding hydrogens is 544 g/mol. The van der Waals surface area contributed by atoms with E-state index in [1.807, 2.05) is 42.5 Å². The molecule has 178 valence electrons. The van der Waals surface area contributed by atoms with Crippen molar-refractivity contribution in [2.24, 2.45) is 0 Å². The fourth-order valence-corrected chi connectivity index (χ4v) is 5.33. The fourth-order valence-electron chi connectivity index (χ4n) is 3.77. The van der Waals surface area contributed by atoms with Gasteiger partial charge in [0.2, 0.25) is 4.96 Å². The quantitative estimate of drug-likeness (QED) is 0.203. The summed E-state index contributed by atoms with van der Waals surface area (Å²) in [5.74, 6) is 0.492. The van der Waals surface area contributed by atoms with Crippen molar-refractivity contribution in [2.45, 2.75) is 6.61 Å². The second kappa shape index (κ2) is 9.29. The third-order valence-electron chi connectivity index (χ3n) is 5.48. The summed E-state index contributed by atoms with van der Waals surface area (Å²) in [5, 5.41) is 15.5. The van der Waals surface area contributed by atoms with Crippen LogP contribution in [0.1, 0.15) is 5.82 Å². The smallest absolute Gasteiger partial charge is 0.235 e. The monoisotopic (exact) mass is 555 g/mol. The predicted molar refractivity (Wildman–Crippen MR) is 141 cm³/mol. The summed E-state index contributed by atoms with van der Waals surface area (Å²) in [6, 6.07) is 19.3. The highest BCUT2D eigenvalue weighted by Crippen LogP contribution is 2.37. The van der Waals surface area contributed by atoms with E-state index in [2.05, 4.69) is 10.2 Å². The van der Waals surface area contributed by atoms with E-state index in [1.165, 1.54) is 23.5 Å². The van der Waals surface area contributed by atoms with Crippen molar-refractivity contribution in [3.63, 3.8) is 0 Å². The van der Waals surface area contributed by atoms with Crippen molar-refractivity contribution in [1.82, 2.24) is 24.8 Å². The Kier molecular flexibility index (Phi) is 5.97. The molecule has 6 aromatic rings. The first-order valence-electron chi connectivity index (χ1n) is 10.6. The fraction of sp³-hybridized carbons (Fsp3) is 0.0400. The lowest BCUT2D eigenvalue weighted by Crippen LogP contribution is -2.02. The molecule has 0 saturated heterocycles. The van der Waals surface area contributed by atoms with Gasteiger partial charge in [-0.15, -0.1) is 10.2 Å². The molecule has 3 aromatic carbocycles. The number of aromatic nitrogens is 5. The number of para-hydroxylation sites is 2. The molecule has 11 heteroatoms. The van der Waals surface area contributed by atoms with E-state index in [0.29, 0.717) is 48.4 Å². The minimum atomic E-state index is -0.575. The maximum atomic E-state index is 14.3. The molecule has 0 fully saturated rings. The Bertz CT molecular complexity index is 1770. The number of rotatable bonds is 5. The van der Waals surface area contributed by atoms with Crippen LogP contribution in [-0.2, 0) is 6.61 Å². The molecule has 0 amide bonds. The maximum Gasteiger partial charge on any atom is 0.235 e. The molecule has 3 heterocycles. The Morgan fingerprint density at radius 2 is 1.67 bits per heavy atom. The summed E-state index contributed by atoms with van der Waals surface area (Å²) in [6.45, 7) is 0.135. The Morgan fingerprint density at radius 1 is 0.861 bits per heavy atom. The lowest BCUT2D eigenvalue weighted by Gasteiger charge is -2.10. The van der Waals surface area contributed by atoms with Crippen molar-refractivity contribution >= 4 is 62.0 Å². The zero-order valence-electron chi connectivity index (χ0n) is 18.1. The Morgan fingerprint density at radius 3 is 2.53 bits per heavy atom. The third kappa shape index (κ3) is 4.16. The number of benzene rings is 3. The molecular formula is C25H13Cl3FN5OS. The number of hydrogen-bond acceptors (Lipinski definition) is 6. The zero-order chi connectivity index (χ0) is 24.8. The molecule has 0 aliphatic rings. The second-order valence-corrected chi connectivity index (χ2v) is 9.93. The molecule has 0 aliphatic carbocycles. The van der Waals surface area contributed by atoms with Crippen molar-refractivity contribution in [1.29, 1.82) is 0 Å². The van der Waals surface area contributed by atoms with Crippen LogP contribution in [0.25, 0.3) is 37.7 Å². The van der Waals surface area contributed by atoms with Gasteiger partial charge in [-0.2, -0.15) is 9.61 Å². The van der Waals surface area contributed by atoms with E-state index in [1.54, 1.807) is 16.6 Å². The molecule has 0 bridgehead atoms. The zero-order valence-corrected chi connectivity index (χ0v) is 21.2. The summed E-state index contributed by atoms with van der Waals surface area (Å²) in [4.78, 5) is 5.31. The molecule has 0 spiro atoms. The van der Waals surface area contributed by atoms with Gasteiger partial charge in [0.25, 0.3) is 0 Å². The lowest BCUT2D eigenvalue weighted by molar-refractivity contribution is 0.293. The molecule has 0 radical (unpaired) electrons. The Balaban J connectivity index is 1.44.